The number of hydrogen-bond donors (Lipinski definition) is 1. The molecule has 4 heteroatoms. The smallest absolute Gasteiger partial charge is 0.174 e. The Morgan fingerprint density at radius 3 is 2.75 bits per heavy atom. The Morgan fingerprint density at radius 1 is 1.30 bits per heavy atom. The molecule has 0 unspecified atom stereocenters. The molecule has 0 spiro atoms. The number of pyridine rings is 1. The highest BCUT2D eigenvalue weighted by Crippen LogP contribution is 2.14. The summed E-state index contributed by atoms with van der Waals surface area (Å²) in [6.07, 6.45) is 3.65. The molecule has 2 rings (SSSR count). The summed E-state index contributed by atoms with van der Waals surface area (Å²) in [6.45, 7) is 2.96. The van der Waals surface area contributed by atoms with Gasteiger partial charge in [0.15, 0.2) is 6.61 Å². The van der Waals surface area contributed by atoms with E-state index in [4.69, 9.17) is 10.00 Å². The second-order valence-corrected chi connectivity index (χ2v) is 4.48. The molecule has 4 nitrogen and oxygen atoms in total. The standard InChI is InChI=1S/C16H17N3O/c1-13(15-3-2-9-18-12-15)19-11-14-4-6-16(7-5-14)20-10-8-17/h2-7,9,12-13,19H,10-11H2,1H3/t13-/m1/s1. The van der Waals surface area contributed by atoms with E-state index in [0.717, 1.165) is 12.3 Å². The summed E-state index contributed by atoms with van der Waals surface area (Å²) in [5, 5.41) is 11.9. The van der Waals surface area contributed by atoms with Crippen molar-refractivity contribution < 1.29 is 4.74 Å². The number of nitrogens with one attached hydrogen (secondary N) is 1. The molecule has 0 saturated carbocycles. The van der Waals surface area contributed by atoms with Crippen LogP contribution in [0.2, 0.25) is 0 Å². The van der Waals surface area contributed by atoms with Crippen molar-refractivity contribution in [3.8, 4) is 11.8 Å². The van der Waals surface area contributed by atoms with Gasteiger partial charge in [-0.2, -0.15) is 5.26 Å². The third-order valence-electron chi connectivity index (χ3n) is 3.02. The highest BCUT2D eigenvalue weighted by molar-refractivity contribution is 5.27. The van der Waals surface area contributed by atoms with E-state index in [9.17, 15) is 0 Å². The van der Waals surface area contributed by atoms with Crippen molar-refractivity contribution in [3.63, 3.8) is 0 Å². The van der Waals surface area contributed by atoms with Crippen LogP contribution in [0.1, 0.15) is 24.1 Å². The third kappa shape index (κ3) is 4.08. The average molecular weight is 267 g/mol. The molecule has 0 aliphatic rings. The average Bonchev–Trinajstić information content (AvgIpc) is 2.52. The van der Waals surface area contributed by atoms with Gasteiger partial charge in [0.2, 0.25) is 0 Å². The maximum atomic E-state index is 8.45. The first-order valence-electron chi connectivity index (χ1n) is 6.51. The molecule has 2 aromatic rings. The van der Waals surface area contributed by atoms with Crippen LogP contribution in [0, 0.1) is 11.3 Å². The van der Waals surface area contributed by atoms with Gasteiger partial charge in [0.05, 0.1) is 0 Å². The summed E-state index contributed by atoms with van der Waals surface area (Å²) >= 11 is 0. The van der Waals surface area contributed by atoms with Gasteiger partial charge in [0.1, 0.15) is 11.8 Å². The molecule has 0 fully saturated rings. The van der Waals surface area contributed by atoms with Gasteiger partial charge < -0.3 is 10.1 Å². The lowest BCUT2D eigenvalue weighted by molar-refractivity contribution is 0.368. The van der Waals surface area contributed by atoms with Crippen molar-refractivity contribution in [3.05, 3.63) is 59.9 Å². The van der Waals surface area contributed by atoms with Crippen molar-refractivity contribution in [2.24, 2.45) is 0 Å². The molecule has 0 amide bonds. The predicted octanol–water partition coefficient (Wildman–Crippen LogP) is 2.83. The van der Waals surface area contributed by atoms with Gasteiger partial charge in [-0.05, 0) is 36.2 Å². The van der Waals surface area contributed by atoms with Gasteiger partial charge in [-0.3, -0.25) is 4.98 Å². The second kappa shape index (κ2) is 7.27. The number of aromatic nitrogens is 1. The topological polar surface area (TPSA) is 57.9 Å². The summed E-state index contributed by atoms with van der Waals surface area (Å²) in [5.74, 6) is 0.718. The van der Waals surface area contributed by atoms with Gasteiger partial charge in [0, 0.05) is 25.0 Å². The zero-order valence-corrected chi connectivity index (χ0v) is 11.4. The van der Waals surface area contributed by atoms with Crippen molar-refractivity contribution in [2.45, 2.75) is 19.5 Å². The number of nitriles is 1. The molecule has 0 aliphatic carbocycles. The number of ether oxygens (including phenoxy) is 1. The highest BCUT2D eigenvalue weighted by Gasteiger charge is 2.04. The summed E-state index contributed by atoms with van der Waals surface area (Å²) in [4.78, 5) is 4.12. The molecule has 1 aromatic heterocycles. The van der Waals surface area contributed by atoms with Crippen LogP contribution < -0.4 is 10.1 Å². The minimum Gasteiger partial charge on any atom is -0.479 e. The zero-order chi connectivity index (χ0) is 14.2. The van der Waals surface area contributed by atoms with E-state index in [-0.39, 0.29) is 12.6 Å². The molecule has 0 aliphatic heterocycles. The summed E-state index contributed by atoms with van der Waals surface area (Å²) < 4.78 is 5.22. The Bertz CT molecular complexity index is 561. The van der Waals surface area contributed by atoms with Gasteiger partial charge in [-0.25, -0.2) is 0 Å². The lowest BCUT2D eigenvalue weighted by atomic mass is 10.1. The Hall–Kier alpha value is -2.38. The van der Waals surface area contributed by atoms with Crippen LogP contribution in [0.25, 0.3) is 0 Å². The van der Waals surface area contributed by atoms with E-state index in [2.05, 4.69) is 23.3 Å². The maximum absolute atomic E-state index is 8.45. The Balaban J connectivity index is 1.86. The molecule has 1 heterocycles. The first kappa shape index (κ1) is 14.0. The number of rotatable bonds is 6. The molecular formula is C16H17N3O. The first-order chi connectivity index (χ1) is 9.79. The fourth-order valence-electron chi connectivity index (χ4n) is 1.84. The molecule has 20 heavy (non-hydrogen) atoms. The third-order valence-corrected chi connectivity index (χ3v) is 3.02. The quantitative estimate of drug-likeness (QED) is 0.874. The van der Waals surface area contributed by atoms with Crippen molar-refractivity contribution in [1.82, 2.24) is 10.3 Å². The van der Waals surface area contributed by atoms with Crippen LogP contribution >= 0.6 is 0 Å². The first-order valence-corrected chi connectivity index (χ1v) is 6.51. The highest BCUT2D eigenvalue weighted by atomic mass is 16.5. The van der Waals surface area contributed by atoms with Crippen molar-refractivity contribution in [1.29, 1.82) is 5.26 Å². The van der Waals surface area contributed by atoms with Crippen LogP contribution in [-0.4, -0.2) is 11.6 Å². The fourth-order valence-corrected chi connectivity index (χ4v) is 1.84. The molecule has 0 saturated heterocycles. The van der Waals surface area contributed by atoms with Crippen LogP contribution in [-0.2, 0) is 6.54 Å². The van der Waals surface area contributed by atoms with Gasteiger partial charge >= 0.3 is 0 Å². The number of benzene rings is 1. The Morgan fingerprint density at radius 2 is 2.10 bits per heavy atom. The van der Waals surface area contributed by atoms with Crippen molar-refractivity contribution in [2.75, 3.05) is 6.61 Å². The lowest BCUT2D eigenvalue weighted by Gasteiger charge is -2.14. The van der Waals surface area contributed by atoms with E-state index >= 15 is 0 Å². The maximum Gasteiger partial charge on any atom is 0.174 e. The molecule has 1 N–H and O–H groups in total. The van der Waals surface area contributed by atoms with E-state index in [1.165, 1.54) is 11.1 Å². The number of hydrogen-bond acceptors (Lipinski definition) is 4. The van der Waals surface area contributed by atoms with Gasteiger partial charge in [0.25, 0.3) is 0 Å². The molecule has 1 atom stereocenters. The zero-order valence-electron chi connectivity index (χ0n) is 11.4. The monoisotopic (exact) mass is 267 g/mol. The van der Waals surface area contributed by atoms with E-state index in [0.29, 0.717) is 0 Å². The summed E-state index contributed by atoms with van der Waals surface area (Å²) in [7, 11) is 0. The lowest BCUT2D eigenvalue weighted by Crippen LogP contribution is -2.18. The molecule has 0 bridgehead atoms. The summed E-state index contributed by atoms with van der Waals surface area (Å²) in [5.41, 5.74) is 2.34. The predicted molar refractivity (Wildman–Crippen MR) is 77.0 cm³/mol. The van der Waals surface area contributed by atoms with Crippen LogP contribution in [0.15, 0.2) is 48.8 Å². The normalized spacial score (nSPS) is 11.6. The molecule has 0 radical (unpaired) electrons. The SMILES string of the molecule is C[C@@H](NCc1ccc(OCC#N)cc1)c1cccnc1. The Kier molecular flexibility index (Phi) is 5.10. The minimum atomic E-state index is 0.0790. The van der Waals surface area contributed by atoms with E-state index in [1.807, 2.05) is 42.6 Å². The van der Waals surface area contributed by atoms with Gasteiger partial charge in [-0.1, -0.05) is 18.2 Å². The molecule has 102 valence electrons. The van der Waals surface area contributed by atoms with Crippen LogP contribution in [0.5, 0.6) is 5.75 Å². The van der Waals surface area contributed by atoms with Crippen LogP contribution in [0.4, 0.5) is 0 Å². The largest absolute Gasteiger partial charge is 0.479 e. The molecular weight excluding hydrogens is 250 g/mol. The Labute approximate surface area is 119 Å². The van der Waals surface area contributed by atoms with E-state index < -0.39 is 0 Å². The fraction of sp³-hybridized carbons (Fsp3) is 0.250. The second-order valence-electron chi connectivity index (χ2n) is 4.48. The van der Waals surface area contributed by atoms with Gasteiger partial charge in [-0.15, -0.1) is 0 Å². The van der Waals surface area contributed by atoms with Crippen LogP contribution in [0.3, 0.4) is 0 Å². The van der Waals surface area contributed by atoms with Crippen molar-refractivity contribution >= 4 is 0 Å². The summed E-state index contributed by atoms with van der Waals surface area (Å²) in [6, 6.07) is 13.9. The van der Waals surface area contributed by atoms with E-state index in [1.54, 1.807) is 6.20 Å². The number of nitrogens with zero attached hydrogens (tertiary/aromatic N) is 2. The minimum absolute atomic E-state index is 0.0790. The molecule has 1 aromatic carbocycles.